The quantitative estimate of drug-likeness (QED) is 0.423. The fourth-order valence-electron chi connectivity index (χ4n) is 2.30. The Balaban J connectivity index is 1.75. The van der Waals surface area contributed by atoms with E-state index in [1.165, 1.54) is 24.4 Å². The minimum absolute atomic E-state index is 0.0692. The van der Waals surface area contributed by atoms with Gasteiger partial charge in [-0.1, -0.05) is 11.6 Å². The van der Waals surface area contributed by atoms with Gasteiger partial charge in [0.15, 0.2) is 0 Å². The number of rotatable bonds is 5. The molecule has 140 valence electrons. The number of aromatic nitrogens is 1. The number of pyridine rings is 1. The summed E-state index contributed by atoms with van der Waals surface area (Å²) in [7, 11) is 0. The minimum atomic E-state index is -1.06. The molecule has 2 N–H and O–H groups in total. The van der Waals surface area contributed by atoms with Crippen molar-refractivity contribution in [3.05, 3.63) is 57.4 Å². The summed E-state index contributed by atoms with van der Waals surface area (Å²) < 4.78 is -1.06. The van der Waals surface area contributed by atoms with Crippen molar-refractivity contribution < 1.29 is 14.5 Å². The molecule has 2 amide bonds. The molecule has 1 atom stereocenters. The van der Waals surface area contributed by atoms with Crippen molar-refractivity contribution in [3.8, 4) is 0 Å². The van der Waals surface area contributed by atoms with E-state index in [2.05, 4.69) is 15.6 Å². The molecular weight excluding hydrogens is 419 g/mol. The van der Waals surface area contributed by atoms with Crippen molar-refractivity contribution in [1.29, 1.82) is 0 Å². The first-order chi connectivity index (χ1) is 12.7. The van der Waals surface area contributed by atoms with E-state index in [0.29, 0.717) is 12.1 Å². The molecule has 0 bridgehead atoms. The highest BCUT2D eigenvalue weighted by molar-refractivity contribution is 6.52. The van der Waals surface area contributed by atoms with Crippen molar-refractivity contribution in [1.82, 2.24) is 4.98 Å². The number of nitrogens with zero attached hydrogens (tertiary/aromatic N) is 2. The molecule has 0 saturated heterocycles. The van der Waals surface area contributed by atoms with Crippen LogP contribution in [0.25, 0.3) is 0 Å². The lowest BCUT2D eigenvalue weighted by atomic mass is 10.1. The fraction of sp³-hybridized carbons (Fsp3) is 0.188. The molecule has 11 heteroatoms. The zero-order valence-electron chi connectivity index (χ0n) is 13.4. The van der Waals surface area contributed by atoms with Crippen molar-refractivity contribution in [2.24, 2.45) is 5.92 Å². The number of carbonyl (C=O) groups is 2. The Morgan fingerprint density at radius 3 is 2.52 bits per heavy atom. The molecule has 0 radical (unpaired) electrons. The Morgan fingerprint density at radius 2 is 1.89 bits per heavy atom. The van der Waals surface area contributed by atoms with Gasteiger partial charge in [0.1, 0.15) is 10.5 Å². The molecule has 1 heterocycles. The van der Waals surface area contributed by atoms with Crippen LogP contribution >= 0.6 is 34.8 Å². The molecule has 1 aliphatic carbocycles. The second-order valence-corrected chi connectivity index (χ2v) is 7.79. The number of benzene rings is 1. The molecule has 0 aliphatic heterocycles. The highest BCUT2D eigenvalue weighted by Gasteiger charge is 2.56. The normalized spacial score (nSPS) is 17.1. The monoisotopic (exact) mass is 428 g/mol. The van der Waals surface area contributed by atoms with Gasteiger partial charge in [0, 0.05) is 11.8 Å². The van der Waals surface area contributed by atoms with Crippen LogP contribution in [0.1, 0.15) is 16.8 Å². The molecule has 8 nitrogen and oxygen atoms in total. The molecule has 27 heavy (non-hydrogen) atoms. The summed E-state index contributed by atoms with van der Waals surface area (Å²) in [6.45, 7) is 0. The zero-order chi connectivity index (χ0) is 19.8. The lowest BCUT2D eigenvalue weighted by Gasteiger charge is -2.10. The standard InChI is InChI=1S/C16H11Cl3N4O4/c17-13-2-1-8(21-15(25)12-5-16(12,18)19)4-11(13)14(24)22-9-3-10(23(26)27)7-20-6-9/h1-4,6-7,12H,5H2,(H,21,25)(H,22,24). The van der Waals surface area contributed by atoms with E-state index in [1.807, 2.05) is 0 Å². The number of alkyl halides is 2. The molecule has 3 rings (SSSR count). The second-order valence-electron chi connectivity index (χ2n) is 5.84. The number of anilines is 2. The van der Waals surface area contributed by atoms with E-state index < -0.39 is 21.1 Å². The smallest absolute Gasteiger partial charge is 0.289 e. The first kappa shape index (κ1) is 19.3. The molecule has 1 aromatic heterocycles. The summed E-state index contributed by atoms with van der Waals surface area (Å²) in [6, 6.07) is 5.52. The van der Waals surface area contributed by atoms with Gasteiger partial charge in [-0.3, -0.25) is 24.7 Å². The van der Waals surface area contributed by atoms with E-state index in [4.69, 9.17) is 34.8 Å². The maximum atomic E-state index is 12.5. The number of hydrogen-bond acceptors (Lipinski definition) is 5. The third-order valence-electron chi connectivity index (χ3n) is 3.81. The summed E-state index contributed by atoms with van der Waals surface area (Å²) in [5.41, 5.74) is 0.268. The SMILES string of the molecule is O=C(Nc1cncc([N+](=O)[O-])c1)c1cc(NC(=O)C2CC2(Cl)Cl)ccc1Cl. The predicted octanol–water partition coefficient (Wildman–Crippen LogP) is 4.03. The van der Waals surface area contributed by atoms with E-state index in [9.17, 15) is 19.7 Å². The maximum Gasteiger partial charge on any atom is 0.289 e. The Labute approximate surface area is 168 Å². The number of nitro groups is 1. The largest absolute Gasteiger partial charge is 0.326 e. The lowest BCUT2D eigenvalue weighted by Crippen LogP contribution is -2.18. The van der Waals surface area contributed by atoms with Crippen molar-refractivity contribution in [2.45, 2.75) is 10.8 Å². The fourth-order valence-corrected chi connectivity index (χ4v) is 3.01. The molecule has 1 fully saturated rings. The van der Waals surface area contributed by atoms with Gasteiger partial charge in [-0.15, -0.1) is 23.2 Å². The molecule has 1 aromatic carbocycles. The van der Waals surface area contributed by atoms with Crippen molar-refractivity contribution in [2.75, 3.05) is 10.6 Å². The maximum absolute atomic E-state index is 12.5. The van der Waals surface area contributed by atoms with Crippen LogP contribution in [0.3, 0.4) is 0 Å². The second kappa shape index (κ2) is 7.30. The van der Waals surface area contributed by atoms with Gasteiger partial charge < -0.3 is 10.6 Å². The van der Waals surface area contributed by atoms with Crippen LogP contribution in [-0.4, -0.2) is 26.1 Å². The van der Waals surface area contributed by atoms with E-state index in [1.54, 1.807) is 0 Å². The van der Waals surface area contributed by atoms with Gasteiger partial charge in [0.25, 0.3) is 11.6 Å². The highest BCUT2D eigenvalue weighted by atomic mass is 35.5. The number of amides is 2. The first-order valence-electron chi connectivity index (χ1n) is 7.56. The minimum Gasteiger partial charge on any atom is -0.326 e. The van der Waals surface area contributed by atoms with Crippen molar-refractivity contribution in [3.63, 3.8) is 0 Å². The molecule has 0 spiro atoms. The average molecular weight is 430 g/mol. The van der Waals surface area contributed by atoms with Gasteiger partial charge in [0.05, 0.1) is 33.3 Å². The van der Waals surface area contributed by atoms with Crippen LogP contribution in [0.15, 0.2) is 36.7 Å². The van der Waals surface area contributed by atoms with Gasteiger partial charge >= 0.3 is 0 Å². The van der Waals surface area contributed by atoms with Crippen LogP contribution in [0.5, 0.6) is 0 Å². The van der Waals surface area contributed by atoms with Crippen LogP contribution in [-0.2, 0) is 4.79 Å². The average Bonchev–Trinajstić information content (AvgIpc) is 3.25. The van der Waals surface area contributed by atoms with Gasteiger partial charge in [-0.2, -0.15) is 0 Å². The number of carbonyl (C=O) groups excluding carboxylic acids is 2. The van der Waals surface area contributed by atoms with E-state index in [0.717, 1.165) is 12.3 Å². The molecule has 2 aromatic rings. The Hall–Kier alpha value is -2.42. The number of hydrogen-bond donors (Lipinski definition) is 2. The molecule has 1 saturated carbocycles. The van der Waals surface area contributed by atoms with Crippen LogP contribution in [0, 0.1) is 16.0 Å². The number of nitrogens with one attached hydrogen (secondary N) is 2. The van der Waals surface area contributed by atoms with Gasteiger partial charge in [0.2, 0.25) is 5.91 Å². The summed E-state index contributed by atoms with van der Waals surface area (Å²) >= 11 is 17.8. The van der Waals surface area contributed by atoms with Crippen molar-refractivity contribution >= 4 is 63.7 Å². The molecular formula is C16H11Cl3N4O4. The van der Waals surface area contributed by atoms with Crippen LogP contribution in [0.2, 0.25) is 5.02 Å². The highest BCUT2D eigenvalue weighted by Crippen LogP contribution is 2.53. The van der Waals surface area contributed by atoms with Gasteiger partial charge in [-0.25, -0.2) is 0 Å². The van der Waals surface area contributed by atoms with Gasteiger partial charge in [-0.05, 0) is 24.6 Å². The Bertz CT molecular complexity index is 951. The van der Waals surface area contributed by atoms with E-state index >= 15 is 0 Å². The first-order valence-corrected chi connectivity index (χ1v) is 8.70. The third kappa shape index (κ3) is 4.47. The molecule has 1 aliphatic rings. The summed E-state index contributed by atoms with van der Waals surface area (Å²) in [5, 5.41) is 16.0. The summed E-state index contributed by atoms with van der Waals surface area (Å²) in [4.78, 5) is 38.4. The molecule has 1 unspecified atom stereocenters. The predicted molar refractivity (Wildman–Crippen MR) is 101 cm³/mol. The third-order valence-corrected chi connectivity index (χ3v) is 4.98. The Morgan fingerprint density at radius 1 is 1.19 bits per heavy atom. The summed E-state index contributed by atoms with van der Waals surface area (Å²) in [5.74, 6) is -1.50. The summed E-state index contributed by atoms with van der Waals surface area (Å²) in [6.07, 6.45) is 2.67. The topological polar surface area (TPSA) is 114 Å². The van der Waals surface area contributed by atoms with Crippen LogP contribution < -0.4 is 10.6 Å². The lowest BCUT2D eigenvalue weighted by molar-refractivity contribution is -0.385. The Kier molecular flexibility index (Phi) is 5.23. The van der Waals surface area contributed by atoms with E-state index in [-0.39, 0.29) is 27.9 Å². The zero-order valence-corrected chi connectivity index (χ0v) is 15.7. The number of halogens is 3. The van der Waals surface area contributed by atoms with Crippen LogP contribution in [0.4, 0.5) is 17.1 Å².